The molecular weight excluding hydrogens is 753 g/mol. The van der Waals surface area contributed by atoms with Gasteiger partial charge < -0.3 is 40.2 Å². The third-order valence-electron chi connectivity index (χ3n) is 12.5. The Balaban J connectivity index is 1.53. The number of aliphatic hydroxyl groups excluding tert-OH is 2. The van der Waals surface area contributed by atoms with E-state index >= 15 is 4.79 Å². The van der Waals surface area contributed by atoms with Gasteiger partial charge in [-0.05, 0) is 85.3 Å². The van der Waals surface area contributed by atoms with E-state index in [4.69, 9.17) is 14.2 Å². The maximum Gasteiger partial charge on any atom is 0.246 e. The van der Waals surface area contributed by atoms with Crippen LogP contribution in [0.2, 0.25) is 0 Å². The lowest BCUT2D eigenvalue weighted by atomic mass is 9.46. The summed E-state index contributed by atoms with van der Waals surface area (Å²) in [5, 5.41) is 46.4. The van der Waals surface area contributed by atoms with Gasteiger partial charge in [0.1, 0.15) is 35.9 Å². The molecule has 4 heterocycles. The van der Waals surface area contributed by atoms with E-state index < -0.39 is 34.7 Å². The van der Waals surface area contributed by atoms with E-state index in [2.05, 4.69) is 85.0 Å². The summed E-state index contributed by atoms with van der Waals surface area (Å²) in [6.45, 7) is 16.3. The highest BCUT2D eigenvalue weighted by Gasteiger charge is 2.77. The molecular formula is C45H60N6O8. The zero-order valence-electron chi connectivity index (χ0n) is 35.6. The topological polar surface area (TPSA) is 189 Å². The van der Waals surface area contributed by atoms with Crippen LogP contribution in [-0.2, 0) is 16.0 Å². The van der Waals surface area contributed by atoms with Crippen molar-refractivity contribution in [1.82, 2.24) is 25.4 Å². The Morgan fingerprint density at radius 3 is 2.53 bits per heavy atom. The van der Waals surface area contributed by atoms with E-state index in [1.165, 1.54) is 11.9 Å². The highest BCUT2D eigenvalue weighted by molar-refractivity contribution is 6.02. The molecule has 2 bridgehead atoms. The number of fused-ring (bicyclic) bond motifs is 6. The number of hydrogen-bond acceptors (Lipinski definition) is 12. The first-order chi connectivity index (χ1) is 28.1. The molecule has 3 aliphatic carbocycles. The smallest absolute Gasteiger partial charge is 0.246 e. The second-order valence-electron chi connectivity index (χ2n) is 17.5. The molecule has 3 aliphatic heterocycles. The molecule has 8 rings (SSSR count). The summed E-state index contributed by atoms with van der Waals surface area (Å²) in [6, 6.07) is -0.625. The van der Waals surface area contributed by atoms with Gasteiger partial charge in [-0.1, -0.05) is 43.2 Å². The van der Waals surface area contributed by atoms with Crippen LogP contribution in [0.1, 0.15) is 104 Å². The quantitative estimate of drug-likeness (QED) is 0.0566. The van der Waals surface area contributed by atoms with Crippen LogP contribution < -0.4 is 30.2 Å². The van der Waals surface area contributed by atoms with Crippen LogP contribution in [0, 0.1) is 17.8 Å². The number of ketones is 1. The second-order valence-corrected chi connectivity index (χ2v) is 17.5. The molecule has 6 unspecified atom stereocenters. The fourth-order valence-electron chi connectivity index (χ4n) is 9.67. The Morgan fingerprint density at radius 1 is 1.08 bits per heavy atom. The average Bonchev–Trinajstić information content (AvgIpc) is 3.67. The van der Waals surface area contributed by atoms with Crippen molar-refractivity contribution in [3.8, 4) is 17.2 Å². The molecule has 1 aromatic carbocycles. The van der Waals surface area contributed by atoms with Crippen molar-refractivity contribution >= 4 is 29.4 Å². The summed E-state index contributed by atoms with van der Waals surface area (Å²) in [6.07, 6.45) is 13.7. The van der Waals surface area contributed by atoms with Gasteiger partial charge in [-0.15, -0.1) is 0 Å². The van der Waals surface area contributed by atoms with Crippen LogP contribution in [-0.4, -0.2) is 91.6 Å². The molecule has 0 radical (unpaired) electrons. The molecule has 0 saturated heterocycles. The van der Waals surface area contributed by atoms with Gasteiger partial charge in [0, 0.05) is 48.1 Å². The summed E-state index contributed by atoms with van der Waals surface area (Å²) in [5.41, 5.74) is 1.59. The number of allylic oxidation sites excluding steroid dienone is 4. The average molecular weight is 813 g/mol. The fourth-order valence-corrected chi connectivity index (χ4v) is 9.67. The summed E-state index contributed by atoms with van der Waals surface area (Å²) >= 11 is 0. The third-order valence-corrected chi connectivity index (χ3v) is 12.5. The lowest BCUT2D eigenvalue weighted by Gasteiger charge is -2.65. The Morgan fingerprint density at radius 2 is 1.83 bits per heavy atom. The van der Waals surface area contributed by atoms with Gasteiger partial charge in [0.2, 0.25) is 11.9 Å². The number of rotatable bonds is 16. The van der Waals surface area contributed by atoms with E-state index in [1.54, 1.807) is 17.7 Å². The molecule has 14 nitrogen and oxygen atoms in total. The zero-order valence-corrected chi connectivity index (χ0v) is 35.6. The second kappa shape index (κ2) is 16.4. The van der Waals surface area contributed by atoms with Crippen molar-refractivity contribution in [2.75, 3.05) is 38.4 Å². The number of nitrogens with zero attached hydrogens (tertiary/aromatic N) is 3. The Bertz CT molecular complexity index is 2160. The molecule has 6 atom stereocenters. The number of benzene rings is 1. The molecule has 1 amide bonds. The molecule has 59 heavy (non-hydrogen) atoms. The molecule has 2 aromatic rings. The predicted molar refractivity (Wildman–Crippen MR) is 225 cm³/mol. The molecule has 6 N–H and O–H groups in total. The normalized spacial score (nSPS) is 27.2. The number of Topliss-reactive ketones (excluding diaryl/α,β-unsaturated/α-hetero) is 1. The minimum absolute atomic E-state index is 0.0572. The van der Waals surface area contributed by atoms with Crippen LogP contribution in [0.5, 0.6) is 17.2 Å². The Kier molecular flexibility index (Phi) is 11.7. The molecule has 6 aliphatic rings. The van der Waals surface area contributed by atoms with Gasteiger partial charge >= 0.3 is 0 Å². The number of aliphatic hydroxyl groups is 3. The molecule has 3 saturated carbocycles. The van der Waals surface area contributed by atoms with Crippen molar-refractivity contribution in [3.63, 3.8) is 0 Å². The monoisotopic (exact) mass is 812 g/mol. The summed E-state index contributed by atoms with van der Waals surface area (Å²) in [7, 11) is 0. The van der Waals surface area contributed by atoms with E-state index in [9.17, 15) is 20.1 Å². The van der Waals surface area contributed by atoms with Crippen LogP contribution in [0.3, 0.4) is 0 Å². The van der Waals surface area contributed by atoms with Gasteiger partial charge in [0.25, 0.3) is 0 Å². The van der Waals surface area contributed by atoms with Gasteiger partial charge in [-0.3, -0.25) is 14.9 Å². The zero-order chi connectivity index (χ0) is 42.4. The lowest BCUT2D eigenvalue weighted by molar-refractivity contribution is -0.210. The first-order valence-electron chi connectivity index (χ1n) is 20.9. The van der Waals surface area contributed by atoms with E-state index in [0.29, 0.717) is 71.4 Å². The van der Waals surface area contributed by atoms with Gasteiger partial charge in [0.05, 0.1) is 36.1 Å². The van der Waals surface area contributed by atoms with Gasteiger partial charge in [0.15, 0.2) is 17.0 Å². The number of carbonyl (C=O) groups is 2. The first-order valence-corrected chi connectivity index (χ1v) is 20.9. The molecule has 1 spiro atoms. The van der Waals surface area contributed by atoms with Crippen LogP contribution in [0.15, 0.2) is 52.9 Å². The highest BCUT2D eigenvalue weighted by Crippen LogP contribution is 2.69. The molecule has 14 heteroatoms. The van der Waals surface area contributed by atoms with Gasteiger partial charge in [-0.2, -0.15) is 10.1 Å². The number of ether oxygens (including phenoxy) is 3. The number of nitrogens with one attached hydrogen (secondary N) is 3. The van der Waals surface area contributed by atoms with Crippen molar-refractivity contribution in [2.45, 2.75) is 110 Å². The Labute approximate surface area is 346 Å². The number of hydrogen-bond donors (Lipinski definition) is 6. The fraction of sp³-hybridized carbons (Fsp3) is 0.556. The van der Waals surface area contributed by atoms with Crippen LogP contribution >= 0.6 is 0 Å². The summed E-state index contributed by atoms with van der Waals surface area (Å²) in [5.74, 6) is 0.0628. The van der Waals surface area contributed by atoms with Crippen LogP contribution in [0.4, 0.5) is 5.95 Å². The van der Waals surface area contributed by atoms with E-state index in [1.807, 2.05) is 13.8 Å². The molecule has 1 aromatic heterocycles. The largest absolute Gasteiger partial charge is 0.482 e. The number of amides is 1. The SMILES string of the molecule is CC(C)=CCCC1(C)C=Cc2c(c(CC=C(C)C)c3c(c2OCNCCO)C2=C4C(C5CC(C(C)C)C4(O3)C(O)(C/C=C(/C)C(=O)NCCO)C5=O)n3ncnc3N2)O1. The van der Waals surface area contributed by atoms with Crippen molar-refractivity contribution in [3.05, 3.63) is 69.6 Å². The molecule has 318 valence electrons. The van der Waals surface area contributed by atoms with Crippen LogP contribution in [0.25, 0.3) is 11.8 Å². The number of anilines is 1. The minimum atomic E-state index is -2.12. The minimum Gasteiger partial charge on any atom is -0.482 e. The number of carbonyl (C=O) groups excluding carboxylic acids is 2. The first kappa shape index (κ1) is 42.4. The number of aromatic nitrogens is 3. The third kappa shape index (κ3) is 7.11. The summed E-state index contributed by atoms with van der Waals surface area (Å²) < 4.78 is 23.2. The molecule has 3 fully saturated rings. The maximum atomic E-state index is 15.2. The van der Waals surface area contributed by atoms with Crippen molar-refractivity contribution in [1.29, 1.82) is 0 Å². The Hall–Kier alpha value is -4.76. The van der Waals surface area contributed by atoms with Crippen molar-refractivity contribution in [2.24, 2.45) is 17.8 Å². The lowest BCUT2D eigenvalue weighted by Crippen LogP contribution is -2.78. The standard InChI is InChI=1S/C45H60N6O8/c1-25(2)10-9-15-43(8)16-14-30-37(58-43)29(12-11-26(3)4)39-33(38(30)57-24-46-18-20-52)35-34-36(51-42(50-35)48-23-49-51)31-22-32(27(5)6)45(34,59-39)44(56,40(31)54)17-13-28(7)41(55)47-19-21-53/h10-11,13-14,16,23,27,31-32,36,46,52-53,56H,9,12,15,17-22,24H2,1-8H3,(H,47,55)(H,48,49,50)/b28-13-. The van der Waals surface area contributed by atoms with E-state index in [0.717, 1.165) is 23.1 Å². The summed E-state index contributed by atoms with van der Waals surface area (Å²) in [4.78, 5) is 32.8. The highest BCUT2D eigenvalue weighted by atomic mass is 16.5. The predicted octanol–water partition coefficient (Wildman–Crippen LogP) is 5.18. The van der Waals surface area contributed by atoms with Crippen molar-refractivity contribution < 1.29 is 39.1 Å². The maximum absolute atomic E-state index is 15.2. The van der Waals surface area contributed by atoms with Gasteiger partial charge in [-0.25, -0.2) is 4.68 Å². The van der Waals surface area contributed by atoms with E-state index in [-0.39, 0.29) is 50.5 Å².